The highest BCUT2D eigenvalue weighted by Gasteiger charge is 2.08. The number of nitrogens with two attached hydrogens (primary N) is 1. The standard InChI is InChI=1S/C21H22N4O3/c1-14(2)15-4-3-5-18(12-15)28-13-20(26)23-16-6-8-17(9-7-16)25-11-10-19(24-25)21(22)27/h3-12,14H,13H2,1-2H3,(H2,22,27)(H,23,26). The predicted octanol–water partition coefficient (Wildman–Crippen LogP) is 3.11. The highest BCUT2D eigenvalue weighted by Crippen LogP contribution is 2.20. The molecule has 0 fully saturated rings. The monoisotopic (exact) mass is 378 g/mol. The Morgan fingerprint density at radius 3 is 2.54 bits per heavy atom. The maximum atomic E-state index is 12.1. The smallest absolute Gasteiger partial charge is 0.269 e. The third-order valence-electron chi connectivity index (χ3n) is 4.15. The number of primary amides is 1. The highest BCUT2D eigenvalue weighted by molar-refractivity contribution is 5.92. The Morgan fingerprint density at radius 2 is 1.89 bits per heavy atom. The van der Waals surface area contributed by atoms with Crippen LogP contribution < -0.4 is 15.8 Å². The van der Waals surface area contributed by atoms with Crippen LogP contribution in [0, 0.1) is 0 Å². The molecule has 2 aromatic carbocycles. The molecule has 7 nitrogen and oxygen atoms in total. The van der Waals surface area contributed by atoms with Gasteiger partial charge in [-0.25, -0.2) is 4.68 Å². The van der Waals surface area contributed by atoms with Gasteiger partial charge in [0.1, 0.15) is 11.4 Å². The van der Waals surface area contributed by atoms with Gasteiger partial charge in [0.15, 0.2) is 6.61 Å². The number of amides is 2. The minimum absolute atomic E-state index is 0.0789. The summed E-state index contributed by atoms with van der Waals surface area (Å²) in [6.45, 7) is 4.13. The average Bonchev–Trinajstić information content (AvgIpc) is 3.18. The van der Waals surface area contributed by atoms with Crippen molar-refractivity contribution in [3.8, 4) is 11.4 Å². The van der Waals surface area contributed by atoms with Gasteiger partial charge in [0.05, 0.1) is 5.69 Å². The van der Waals surface area contributed by atoms with Crippen molar-refractivity contribution >= 4 is 17.5 Å². The Bertz CT molecular complexity index is 977. The van der Waals surface area contributed by atoms with Gasteiger partial charge in [-0.15, -0.1) is 0 Å². The SMILES string of the molecule is CC(C)c1cccc(OCC(=O)Nc2ccc(-n3ccc(C(N)=O)n3)cc2)c1. The van der Waals surface area contributed by atoms with Crippen LogP contribution in [0.5, 0.6) is 5.75 Å². The molecular formula is C21H22N4O3. The minimum Gasteiger partial charge on any atom is -0.484 e. The van der Waals surface area contributed by atoms with Gasteiger partial charge >= 0.3 is 0 Å². The number of hydrogen-bond acceptors (Lipinski definition) is 4. The molecular weight excluding hydrogens is 356 g/mol. The molecule has 0 atom stereocenters. The first-order valence-corrected chi connectivity index (χ1v) is 8.91. The van der Waals surface area contributed by atoms with Crippen molar-refractivity contribution in [3.05, 3.63) is 72.1 Å². The van der Waals surface area contributed by atoms with Gasteiger partial charge in [0, 0.05) is 11.9 Å². The summed E-state index contributed by atoms with van der Waals surface area (Å²) in [5, 5.41) is 6.87. The molecule has 144 valence electrons. The molecule has 28 heavy (non-hydrogen) atoms. The van der Waals surface area contributed by atoms with Crippen LogP contribution in [0.1, 0.15) is 35.8 Å². The number of nitrogens with one attached hydrogen (secondary N) is 1. The summed E-state index contributed by atoms with van der Waals surface area (Å²) in [6.07, 6.45) is 1.65. The van der Waals surface area contributed by atoms with E-state index in [0.717, 1.165) is 11.3 Å². The number of rotatable bonds is 7. The normalized spacial score (nSPS) is 10.7. The first-order chi connectivity index (χ1) is 13.4. The third kappa shape index (κ3) is 4.76. The second kappa shape index (κ2) is 8.39. The molecule has 0 saturated heterocycles. The van der Waals surface area contributed by atoms with Crippen molar-refractivity contribution in [3.63, 3.8) is 0 Å². The van der Waals surface area contributed by atoms with Crippen LogP contribution in [0.3, 0.4) is 0 Å². The van der Waals surface area contributed by atoms with Gasteiger partial charge in [-0.05, 0) is 53.9 Å². The quantitative estimate of drug-likeness (QED) is 0.660. The van der Waals surface area contributed by atoms with Crippen LogP contribution >= 0.6 is 0 Å². The fraction of sp³-hybridized carbons (Fsp3) is 0.190. The van der Waals surface area contributed by atoms with E-state index in [2.05, 4.69) is 24.3 Å². The number of carbonyl (C=O) groups is 2. The maximum Gasteiger partial charge on any atom is 0.269 e. The maximum absolute atomic E-state index is 12.1. The molecule has 0 bridgehead atoms. The summed E-state index contributed by atoms with van der Waals surface area (Å²) in [5.74, 6) is 0.227. The van der Waals surface area contributed by atoms with Crippen LogP contribution in [0.15, 0.2) is 60.8 Å². The summed E-state index contributed by atoms with van der Waals surface area (Å²) in [7, 11) is 0. The van der Waals surface area contributed by atoms with E-state index in [9.17, 15) is 9.59 Å². The Balaban J connectivity index is 1.57. The van der Waals surface area contributed by atoms with Crippen LogP contribution in [0.2, 0.25) is 0 Å². The number of hydrogen-bond donors (Lipinski definition) is 2. The van der Waals surface area contributed by atoms with Crippen LogP contribution in [-0.4, -0.2) is 28.2 Å². The molecule has 0 aliphatic heterocycles. The Kier molecular flexibility index (Phi) is 5.74. The van der Waals surface area contributed by atoms with E-state index in [-0.39, 0.29) is 18.2 Å². The molecule has 0 radical (unpaired) electrons. The molecule has 3 N–H and O–H groups in total. The fourth-order valence-electron chi connectivity index (χ4n) is 2.61. The van der Waals surface area contributed by atoms with Crippen molar-refractivity contribution in [1.29, 1.82) is 0 Å². The van der Waals surface area contributed by atoms with Crippen LogP contribution in [-0.2, 0) is 4.79 Å². The largest absolute Gasteiger partial charge is 0.484 e. The number of benzene rings is 2. The van der Waals surface area contributed by atoms with Gasteiger partial charge in [0.25, 0.3) is 11.8 Å². The lowest BCUT2D eigenvalue weighted by molar-refractivity contribution is -0.118. The second-order valence-corrected chi connectivity index (χ2v) is 6.62. The van der Waals surface area contributed by atoms with Gasteiger partial charge in [-0.3, -0.25) is 9.59 Å². The fourth-order valence-corrected chi connectivity index (χ4v) is 2.61. The lowest BCUT2D eigenvalue weighted by Gasteiger charge is -2.10. The molecule has 3 rings (SSSR count). The van der Waals surface area contributed by atoms with Gasteiger partial charge < -0.3 is 15.8 Å². The molecule has 0 spiro atoms. The van der Waals surface area contributed by atoms with E-state index in [1.807, 2.05) is 24.3 Å². The first kappa shape index (κ1) is 19.2. The topological polar surface area (TPSA) is 99.2 Å². The Labute approximate surface area is 163 Å². The van der Waals surface area contributed by atoms with Crippen molar-refractivity contribution in [2.75, 3.05) is 11.9 Å². The van der Waals surface area contributed by atoms with Gasteiger partial charge in [-0.1, -0.05) is 26.0 Å². The third-order valence-corrected chi connectivity index (χ3v) is 4.15. The molecule has 1 aromatic heterocycles. The van der Waals surface area contributed by atoms with Crippen LogP contribution in [0.4, 0.5) is 5.69 Å². The number of carbonyl (C=O) groups excluding carboxylic acids is 2. The summed E-state index contributed by atoms with van der Waals surface area (Å²) in [6, 6.07) is 16.3. The molecule has 0 unspecified atom stereocenters. The molecule has 0 aliphatic rings. The van der Waals surface area contributed by atoms with Crippen molar-refractivity contribution in [2.24, 2.45) is 5.73 Å². The van der Waals surface area contributed by atoms with Gasteiger partial charge in [0.2, 0.25) is 0 Å². The minimum atomic E-state index is -0.582. The lowest BCUT2D eigenvalue weighted by atomic mass is 10.0. The molecule has 2 amide bonds. The van der Waals surface area contributed by atoms with E-state index >= 15 is 0 Å². The molecule has 0 aliphatic carbocycles. The first-order valence-electron chi connectivity index (χ1n) is 8.91. The summed E-state index contributed by atoms with van der Waals surface area (Å²) in [5.41, 5.74) is 7.93. The number of anilines is 1. The zero-order valence-electron chi connectivity index (χ0n) is 15.8. The van der Waals surface area contributed by atoms with E-state index in [1.165, 1.54) is 4.68 Å². The molecule has 7 heteroatoms. The molecule has 0 saturated carbocycles. The number of ether oxygens (including phenoxy) is 1. The van der Waals surface area contributed by atoms with Crippen molar-refractivity contribution in [1.82, 2.24) is 9.78 Å². The summed E-state index contributed by atoms with van der Waals surface area (Å²) >= 11 is 0. The van der Waals surface area contributed by atoms with Crippen molar-refractivity contribution in [2.45, 2.75) is 19.8 Å². The number of aromatic nitrogens is 2. The number of nitrogens with zero attached hydrogens (tertiary/aromatic N) is 2. The summed E-state index contributed by atoms with van der Waals surface area (Å²) < 4.78 is 7.12. The van der Waals surface area contributed by atoms with Crippen molar-refractivity contribution < 1.29 is 14.3 Å². The Morgan fingerprint density at radius 1 is 1.14 bits per heavy atom. The second-order valence-electron chi connectivity index (χ2n) is 6.62. The average molecular weight is 378 g/mol. The zero-order chi connectivity index (χ0) is 20.1. The van der Waals surface area contributed by atoms with E-state index in [0.29, 0.717) is 17.4 Å². The van der Waals surface area contributed by atoms with E-state index < -0.39 is 5.91 Å². The van der Waals surface area contributed by atoms with E-state index in [1.54, 1.807) is 36.5 Å². The van der Waals surface area contributed by atoms with Crippen LogP contribution in [0.25, 0.3) is 5.69 Å². The zero-order valence-corrected chi connectivity index (χ0v) is 15.8. The Hall–Kier alpha value is -3.61. The van der Waals surface area contributed by atoms with Gasteiger partial charge in [-0.2, -0.15) is 5.10 Å². The molecule has 3 aromatic rings. The lowest BCUT2D eigenvalue weighted by Crippen LogP contribution is -2.20. The highest BCUT2D eigenvalue weighted by atomic mass is 16.5. The predicted molar refractivity (Wildman–Crippen MR) is 107 cm³/mol. The van der Waals surface area contributed by atoms with E-state index in [4.69, 9.17) is 10.5 Å². The summed E-state index contributed by atoms with van der Waals surface area (Å²) in [4.78, 5) is 23.3. The molecule has 1 heterocycles.